The van der Waals surface area contributed by atoms with E-state index in [0.29, 0.717) is 0 Å². The van der Waals surface area contributed by atoms with Crippen molar-refractivity contribution in [2.75, 3.05) is 14.2 Å². The van der Waals surface area contributed by atoms with Crippen molar-refractivity contribution in [3.8, 4) is 0 Å². The van der Waals surface area contributed by atoms with Crippen LogP contribution in [0.3, 0.4) is 0 Å². The highest BCUT2D eigenvalue weighted by Crippen LogP contribution is 2.47. The van der Waals surface area contributed by atoms with Crippen LogP contribution in [0, 0.1) is 10.1 Å². The number of hydrogen-bond donors (Lipinski definition) is 0. The maximum atomic E-state index is 11.4. The van der Waals surface area contributed by atoms with Crippen molar-refractivity contribution >= 4 is 35.5 Å². The zero-order chi connectivity index (χ0) is 13.0. The monoisotopic (exact) mass is 279 g/mol. The first-order valence-corrected chi connectivity index (χ1v) is 6.09. The summed E-state index contributed by atoms with van der Waals surface area (Å²) in [5.74, 6) is -1.21. The van der Waals surface area contributed by atoms with Gasteiger partial charge in [-0.1, -0.05) is 23.5 Å². The topological polar surface area (TPSA) is 95.7 Å². The molecule has 0 N–H and O–H groups in total. The number of nitrogens with zero attached hydrogens (tertiary/aromatic N) is 1. The van der Waals surface area contributed by atoms with Crippen LogP contribution in [-0.4, -0.2) is 41.6 Å². The Balaban J connectivity index is 2.90. The summed E-state index contributed by atoms with van der Waals surface area (Å²) < 4.78 is 9.35. The molecule has 7 nitrogen and oxygen atoms in total. The number of nitro groups is 1. The van der Waals surface area contributed by atoms with Crippen LogP contribution in [0.1, 0.15) is 0 Å². The van der Waals surface area contributed by atoms with E-state index in [1.807, 2.05) is 0 Å². The number of esters is 2. The third kappa shape index (κ3) is 3.37. The summed E-state index contributed by atoms with van der Waals surface area (Å²) in [7, 11) is 2.38. The van der Waals surface area contributed by atoms with E-state index in [1.54, 1.807) is 0 Å². The summed E-state index contributed by atoms with van der Waals surface area (Å²) in [4.78, 5) is 32.5. The summed E-state index contributed by atoms with van der Waals surface area (Å²) >= 11 is 1.86. The van der Waals surface area contributed by atoms with Crippen molar-refractivity contribution in [1.29, 1.82) is 0 Å². The van der Waals surface area contributed by atoms with Crippen molar-refractivity contribution in [2.24, 2.45) is 0 Å². The first-order valence-electron chi connectivity index (χ1n) is 4.34. The van der Waals surface area contributed by atoms with E-state index >= 15 is 0 Å². The fraction of sp³-hybridized carbons (Fsp3) is 0.500. The van der Waals surface area contributed by atoms with Crippen molar-refractivity contribution in [2.45, 2.75) is 10.5 Å². The molecule has 94 valence electrons. The lowest BCUT2D eigenvalue weighted by atomic mass is 10.3. The third-order valence-corrected chi connectivity index (χ3v) is 4.70. The molecule has 0 saturated carbocycles. The highest BCUT2D eigenvalue weighted by Gasteiger charge is 2.44. The maximum Gasteiger partial charge on any atom is 0.320 e. The van der Waals surface area contributed by atoms with Gasteiger partial charge in [0.25, 0.3) is 6.20 Å². The van der Waals surface area contributed by atoms with Gasteiger partial charge in [-0.15, -0.1) is 0 Å². The maximum absolute atomic E-state index is 11.4. The minimum Gasteiger partial charge on any atom is -0.468 e. The molecule has 0 spiro atoms. The lowest BCUT2D eigenvalue weighted by Crippen LogP contribution is -2.33. The van der Waals surface area contributed by atoms with Gasteiger partial charge in [0.1, 0.15) is 14.7 Å². The van der Waals surface area contributed by atoms with E-state index in [4.69, 9.17) is 0 Å². The quantitative estimate of drug-likeness (QED) is 0.421. The fourth-order valence-corrected chi connectivity index (χ4v) is 3.95. The first-order chi connectivity index (χ1) is 7.99. The van der Waals surface area contributed by atoms with Gasteiger partial charge in [-0.05, 0) is 0 Å². The molecule has 0 bridgehead atoms. The van der Waals surface area contributed by atoms with E-state index in [2.05, 4.69) is 9.47 Å². The molecule has 2 atom stereocenters. The number of ether oxygens (including phenoxy) is 2. The molecule has 0 aliphatic carbocycles. The highest BCUT2D eigenvalue weighted by atomic mass is 32.2. The molecule has 0 unspecified atom stereocenters. The summed E-state index contributed by atoms with van der Waals surface area (Å²) in [6.45, 7) is 0. The number of hydrogen-bond acceptors (Lipinski definition) is 8. The second kappa shape index (κ2) is 5.92. The van der Waals surface area contributed by atoms with Gasteiger partial charge in [0.05, 0.1) is 19.1 Å². The molecule has 1 fully saturated rings. The Kier molecular flexibility index (Phi) is 4.82. The van der Waals surface area contributed by atoms with Crippen LogP contribution >= 0.6 is 23.5 Å². The number of carbonyl (C=O) groups is 2. The van der Waals surface area contributed by atoms with Gasteiger partial charge in [-0.25, -0.2) is 0 Å². The smallest absolute Gasteiger partial charge is 0.320 e. The van der Waals surface area contributed by atoms with Crippen LogP contribution in [0.25, 0.3) is 0 Å². The molecule has 1 rings (SSSR count). The Morgan fingerprint density at radius 1 is 1.24 bits per heavy atom. The molecule has 1 heterocycles. The Morgan fingerprint density at radius 3 is 1.94 bits per heavy atom. The lowest BCUT2D eigenvalue weighted by Gasteiger charge is -2.11. The van der Waals surface area contributed by atoms with Gasteiger partial charge in [0.15, 0.2) is 0 Å². The van der Waals surface area contributed by atoms with Gasteiger partial charge >= 0.3 is 11.9 Å². The van der Waals surface area contributed by atoms with E-state index in [9.17, 15) is 19.7 Å². The average molecular weight is 279 g/mol. The van der Waals surface area contributed by atoms with Gasteiger partial charge in [-0.3, -0.25) is 19.7 Å². The van der Waals surface area contributed by atoms with Crippen LogP contribution < -0.4 is 0 Å². The van der Waals surface area contributed by atoms with Crippen molar-refractivity contribution in [3.05, 3.63) is 20.6 Å². The summed E-state index contributed by atoms with van der Waals surface area (Å²) in [6, 6.07) is 0. The average Bonchev–Trinajstić information content (AvgIpc) is 2.69. The SMILES string of the molecule is COC(=O)[C@H]1SC(=C[N+](=O)[O-])S[C@H]1C(=O)OC. The molecule has 1 saturated heterocycles. The summed E-state index contributed by atoms with van der Waals surface area (Å²) in [5.41, 5.74) is 0. The molecule has 0 radical (unpaired) electrons. The minimum absolute atomic E-state index is 0.279. The van der Waals surface area contributed by atoms with Crippen LogP contribution in [0.15, 0.2) is 10.4 Å². The first kappa shape index (κ1) is 13.8. The van der Waals surface area contributed by atoms with Gasteiger partial charge in [0, 0.05) is 0 Å². The number of methoxy groups -OCH3 is 2. The molecule has 0 aromatic heterocycles. The third-order valence-electron chi connectivity index (χ3n) is 1.84. The second-order valence-electron chi connectivity index (χ2n) is 2.86. The molecule has 1 aliphatic rings. The molecular weight excluding hydrogens is 270 g/mol. The molecule has 17 heavy (non-hydrogen) atoms. The largest absolute Gasteiger partial charge is 0.468 e. The summed E-state index contributed by atoms with van der Waals surface area (Å²) in [5, 5.41) is 8.69. The number of carbonyl (C=O) groups excluding carboxylic acids is 2. The van der Waals surface area contributed by atoms with Gasteiger partial charge < -0.3 is 9.47 Å². The van der Waals surface area contributed by atoms with Crippen LogP contribution in [0.4, 0.5) is 0 Å². The van der Waals surface area contributed by atoms with E-state index in [0.717, 1.165) is 29.7 Å². The Morgan fingerprint density at radius 2 is 1.65 bits per heavy atom. The highest BCUT2D eigenvalue weighted by molar-refractivity contribution is 8.26. The molecule has 0 aromatic rings. The molecule has 9 heteroatoms. The van der Waals surface area contributed by atoms with Gasteiger partial charge in [0.2, 0.25) is 0 Å². The molecular formula is C8H9NO6S2. The zero-order valence-corrected chi connectivity index (χ0v) is 10.6. The van der Waals surface area contributed by atoms with Gasteiger partial charge in [-0.2, -0.15) is 0 Å². The Bertz CT molecular complexity index is 356. The number of thioether (sulfide) groups is 2. The Hall–Kier alpha value is -1.22. The van der Waals surface area contributed by atoms with Crippen LogP contribution in [-0.2, 0) is 19.1 Å². The zero-order valence-electron chi connectivity index (χ0n) is 8.95. The predicted octanol–water partition coefficient (Wildman–Crippen LogP) is 0.625. The van der Waals surface area contributed by atoms with Crippen molar-refractivity contribution < 1.29 is 24.0 Å². The van der Waals surface area contributed by atoms with Crippen LogP contribution in [0.5, 0.6) is 0 Å². The van der Waals surface area contributed by atoms with E-state index in [-0.39, 0.29) is 4.24 Å². The van der Waals surface area contributed by atoms with E-state index in [1.165, 1.54) is 14.2 Å². The Labute approximate surface area is 105 Å². The molecule has 0 amide bonds. The minimum atomic E-state index is -0.816. The standard InChI is InChI=1S/C8H9NO6S2/c1-14-7(10)5-6(8(11)15-2)17-4(16-5)3-9(12)13/h3,5-6H,1-2H3/t5-,6+. The predicted molar refractivity (Wildman–Crippen MR) is 61.9 cm³/mol. The molecule has 1 aliphatic heterocycles. The fourth-order valence-electron chi connectivity index (χ4n) is 1.12. The normalized spacial score (nSPS) is 25.6. The molecule has 0 aromatic carbocycles. The van der Waals surface area contributed by atoms with Crippen molar-refractivity contribution in [1.82, 2.24) is 0 Å². The number of rotatable bonds is 3. The second-order valence-corrected chi connectivity index (χ2v) is 5.48. The lowest BCUT2D eigenvalue weighted by molar-refractivity contribution is -0.402. The van der Waals surface area contributed by atoms with E-state index < -0.39 is 27.4 Å². The van der Waals surface area contributed by atoms with Crippen molar-refractivity contribution in [3.63, 3.8) is 0 Å². The van der Waals surface area contributed by atoms with Crippen LogP contribution in [0.2, 0.25) is 0 Å². The summed E-state index contributed by atoms with van der Waals surface area (Å²) in [6.07, 6.45) is 0.758.